The summed E-state index contributed by atoms with van der Waals surface area (Å²) < 4.78 is 4.77. The van der Waals surface area contributed by atoms with E-state index in [-0.39, 0.29) is 12.6 Å². The molecule has 0 aliphatic heterocycles. The standard InChI is InChI=1S/C10H16O3/c1-4-5-6-8(2)10(12)13-7-9(3)11/h4,6,9,11H,1,5,7H2,2-3H3/b8-6+. The molecule has 1 unspecified atom stereocenters. The number of carbonyl (C=O) groups excluding carboxylic acids is 1. The minimum atomic E-state index is -0.615. The van der Waals surface area contributed by atoms with E-state index in [0.717, 1.165) is 0 Å². The monoisotopic (exact) mass is 184 g/mol. The summed E-state index contributed by atoms with van der Waals surface area (Å²) in [6.45, 7) is 6.81. The van der Waals surface area contributed by atoms with Crippen LogP contribution in [-0.4, -0.2) is 23.8 Å². The molecule has 0 aromatic carbocycles. The van der Waals surface area contributed by atoms with Crippen molar-refractivity contribution >= 4 is 5.97 Å². The first-order valence-corrected chi connectivity index (χ1v) is 4.20. The SMILES string of the molecule is C=CC/C=C(\C)C(=O)OCC(C)O. The molecular formula is C10H16O3. The maximum atomic E-state index is 11.1. The smallest absolute Gasteiger partial charge is 0.333 e. The van der Waals surface area contributed by atoms with E-state index in [2.05, 4.69) is 6.58 Å². The van der Waals surface area contributed by atoms with Crippen molar-refractivity contribution in [3.05, 3.63) is 24.3 Å². The van der Waals surface area contributed by atoms with Gasteiger partial charge in [0.15, 0.2) is 0 Å². The zero-order chi connectivity index (χ0) is 10.3. The Kier molecular flexibility index (Phi) is 5.89. The first-order valence-electron chi connectivity index (χ1n) is 4.20. The van der Waals surface area contributed by atoms with Crippen LogP contribution >= 0.6 is 0 Å². The molecular weight excluding hydrogens is 168 g/mol. The highest BCUT2D eigenvalue weighted by Crippen LogP contribution is 1.99. The second-order valence-electron chi connectivity index (χ2n) is 2.86. The zero-order valence-electron chi connectivity index (χ0n) is 8.12. The highest BCUT2D eigenvalue weighted by Gasteiger charge is 2.06. The lowest BCUT2D eigenvalue weighted by Crippen LogP contribution is -2.15. The van der Waals surface area contributed by atoms with Gasteiger partial charge >= 0.3 is 5.97 Å². The van der Waals surface area contributed by atoms with Gasteiger partial charge in [-0.25, -0.2) is 4.79 Å². The molecule has 0 aliphatic carbocycles. The number of allylic oxidation sites excluding steroid dienone is 2. The number of aliphatic hydroxyl groups is 1. The fourth-order valence-corrected chi connectivity index (χ4v) is 0.654. The van der Waals surface area contributed by atoms with Gasteiger partial charge in [-0.15, -0.1) is 6.58 Å². The largest absolute Gasteiger partial charge is 0.460 e. The van der Waals surface area contributed by atoms with Crippen LogP contribution in [0.15, 0.2) is 24.3 Å². The first kappa shape index (κ1) is 11.9. The summed E-state index contributed by atoms with van der Waals surface area (Å²) in [5.74, 6) is -0.386. The van der Waals surface area contributed by atoms with Crippen molar-refractivity contribution in [1.82, 2.24) is 0 Å². The van der Waals surface area contributed by atoms with Gasteiger partial charge in [-0.2, -0.15) is 0 Å². The summed E-state index contributed by atoms with van der Waals surface area (Å²) >= 11 is 0. The summed E-state index contributed by atoms with van der Waals surface area (Å²) in [4.78, 5) is 11.1. The van der Waals surface area contributed by atoms with E-state index in [1.807, 2.05) is 0 Å². The summed E-state index contributed by atoms with van der Waals surface area (Å²) in [5.41, 5.74) is 0.542. The Hall–Kier alpha value is -1.09. The number of ether oxygens (including phenoxy) is 1. The Bertz CT molecular complexity index is 204. The lowest BCUT2D eigenvalue weighted by molar-refractivity contribution is -0.141. The van der Waals surface area contributed by atoms with E-state index < -0.39 is 6.10 Å². The predicted molar refractivity (Wildman–Crippen MR) is 51.2 cm³/mol. The molecule has 0 spiro atoms. The van der Waals surface area contributed by atoms with Gasteiger partial charge in [-0.1, -0.05) is 12.2 Å². The lowest BCUT2D eigenvalue weighted by atomic mass is 10.2. The molecule has 0 fully saturated rings. The topological polar surface area (TPSA) is 46.5 Å². The van der Waals surface area contributed by atoms with Gasteiger partial charge in [0.1, 0.15) is 6.61 Å². The van der Waals surface area contributed by atoms with Crippen LogP contribution in [0.3, 0.4) is 0 Å². The normalized spacial score (nSPS) is 13.6. The van der Waals surface area contributed by atoms with Crippen LogP contribution < -0.4 is 0 Å². The van der Waals surface area contributed by atoms with Crippen LogP contribution in [0, 0.1) is 0 Å². The predicted octanol–water partition coefficient (Wildman–Crippen LogP) is 1.43. The van der Waals surface area contributed by atoms with E-state index >= 15 is 0 Å². The van der Waals surface area contributed by atoms with Gasteiger partial charge in [0.05, 0.1) is 6.10 Å². The van der Waals surface area contributed by atoms with E-state index in [9.17, 15) is 4.79 Å². The van der Waals surface area contributed by atoms with E-state index in [1.165, 1.54) is 0 Å². The van der Waals surface area contributed by atoms with E-state index in [0.29, 0.717) is 12.0 Å². The van der Waals surface area contributed by atoms with Crippen molar-refractivity contribution in [3.8, 4) is 0 Å². The average molecular weight is 184 g/mol. The molecule has 0 bridgehead atoms. The minimum Gasteiger partial charge on any atom is -0.460 e. The molecule has 0 aromatic heterocycles. The Morgan fingerprint density at radius 2 is 2.31 bits per heavy atom. The Morgan fingerprint density at radius 1 is 1.69 bits per heavy atom. The maximum absolute atomic E-state index is 11.1. The van der Waals surface area contributed by atoms with Crippen LogP contribution in [0.5, 0.6) is 0 Å². The van der Waals surface area contributed by atoms with Crippen molar-refractivity contribution < 1.29 is 14.6 Å². The molecule has 13 heavy (non-hydrogen) atoms. The van der Waals surface area contributed by atoms with Gasteiger partial charge < -0.3 is 9.84 Å². The van der Waals surface area contributed by atoms with Gasteiger partial charge in [-0.05, 0) is 20.3 Å². The van der Waals surface area contributed by atoms with Crippen molar-refractivity contribution in [1.29, 1.82) is 0 Å². The van der Waals surface area contributed by atoms with E-state index in [4.69, 9.17) is 9.84 Å². The van der Waals surface area contributed by atoms with Gasteiger partial charge in [0.25, 0.3) is 0 Å². The van der Waals surface area contributed by atoms with Crippen LogP contribution in [-0.2, 0) is 9.53 Å². The fourth-order valence-electron chi connectivity index (χ4n) is 0.654. The molecule has 0 aliphatic rings. The van der Waals surface area contributed by atoms with Crippen LogP contribution in [0.2, 0.25) is 0 Å². The van der Waals surface area contributed by atoms with Crippen LogP contribution in [0.4, 0.5) is 0 Å². The number of hydrogen-bond donors (Lipinski definition) is 1. The average Bonchev–Trinajstić information content (AvgIpc) is 2.10. The number of aliphatic hydroxyl groups excluding tert-OH is 1. The molecule has 3 nitrogen and oxygen atoms in total. The summed E-state index contributed by atoms with van der Waals surface area (Å²) in [5, 5.41) is 8.85. The molecule has 1 N–H and O–H groups in total. The second kappa shape index (κ2) is 6.43. The molecule has 0 saturated heterocycles. The minimum absolute atomic E-state index is 0.0398. The number of rotatable bonds is 5. The number of hydrogen-bond acceptors (Lipinski definition) is 3. The third-order valence-corrected chi connectivity index (χ3v) is 1.37. The highest BCUT2D eigenvalue weighted by atomic mass is 16.5. The van der Waals surface area contributed by atoms with Crippen molar-refractivity contribution in [3.63, 3.8) is 0 Å². The molecule has 0 amide bonds. The maximum Gasteiger partial charge on any atom is 0.333 e. The molecule has 0 aromatic rings. The molecule has 0 rings (SSSR count). The summed E-state index contributed by atoms with van der Waals surface area (Å²) in [6.07, 6.45) is 3.47. The molecule has 0 radical (unpaired) electrons. The Balaban J connectivity index is 3.88. The van der Waals surface area contributed by atoms with Gasteiger partial charge in [-0.3, -0.25) is 0 Å². The van der Waals surface area contributed by atoms with Crippen LogP contribution in [0.1, 0.15) is 20.3 Å². The quantitative estimate of drug-likeness (QED) is 0.399. The molecule has 0 saturated carbocycles. The second-order valence-corrected chi connectivity index (χ2v) is 2.86. The molecule has 3 heteroatoms. The molecule has 1 atom stereocenters. The van der Waals surface area contributed by atoms with Gasteiger partial charge in [0.2, 0.25) is 0 Å². The van der Waals surface area contributed by atoms with Crippen molar-refractivity contribution in [2.45, 2.75) is 26.4 Å². The Morgan fingerprint density at radius 3 is 2.77 bits per heavy atom. The van der Waals surface area contributed by atoms with Gasteiger partial charge in [0, 0.05) is 5.57 Å². The highest BCUT2D eigenvalue weighted by molar-refractivity contribution is 5.87. The zero-order valence-corrected chi connectivity index (χ0v) is 8.12. The Labute approximate surface area is 78.7 Å². The summed E-state index contributed by atoms with van der Waals surface area (Å²) in [7, 11) is 0. The third kappa shape index (κ3) is 6.11. The number of esters is 1. The van der Waals surface area contributed by atoms with Crippen LogP contribution in [0.25, 0.3) is 0 Å². The third-order valence-electron chi connectivity index (χ3n) is 1.37. The molecule has 74 valence electrons. The first-order chi connectivity index (χ1) is 6.07. The molecule has 0 heterocycles. The van der Waals surface area contributed by atoms with Crippen molar-refractivity contribution in [2.24, 2.45) is 0 Å². The summed E-state index contributed by atoms with van der Waals surface area (Å²) in [6, 6.07) is 0. The fraction of sp³-hybridized carbons (Fsp3) is 0.500. The number of carbonyl (C=O) groups is 1. The van der Waals surface area contributed by atoms with E-state index in [1.54, 1.807) is 26.0 Å². The lowest BCUT2D eigenvalue weighted by Gasteiger charge is -2.06. The van der Waals surface area contributed by atoms with Crippen molar-refractivity contribution in [2.75, 3.05) is 6.61 Å².